The van der Waals surface area contributed by atoms with Crippen LogP contribution in [0, 0.1) is 11.3 Å². The second kappa shape index (κ2) is 5.57. The third kappa shape index (κ3) is 2.76. The second-order valence-electron chi connectivity index (χ2n) is 4.66. The van der Waals surface area contributed by atoms with Crippen molar-refractivity contribution in [3.05, 3.63) is 36.2 Å². The maximum atomic E-state index is 8.77. The number of aromatic nitrogens is 2. The van der Waals surface area contributed by atoms with E-state index < -0.39 is 0 Å². The number of ether oxygens (including phenoxy) is 1. The maximum absolute atomic E-state index is 8.77. The average molecular weight is 255 g/mol. The van der Waals surface area contributed by atoms with E-state index in [0.717, 1.165) is 22.4 Å². The van der Waals surface area contributed by atoms with Gasteiger partial charge in [0.25, 0.3) is 0 Å². The molecule has 0 atom stereocenters. The van der Waals surface area contributed by atoms with Gasteiger partial charge < -0.3 is 4.74 Å². The molecule has 4 heteroatoms. The van der Waals surface area contributed by atoms with Crippen molar-refractivity contribution in [2.75, 3.05) is 7.11 Å². The van der Waals surface area contributed by atoms with Gasteiger partial charge in [-0.05, 0) is 25.5 Å². The van der Waals surface area contributed by atoms with Crippen LogP contribution in [0.25, 0.3) is 11.1 Å². The molecule has 0 unspecified atom stereocenters. The molecule has 1 aromatic carbocycles. The Morgan fingerprint density at radius 3 is 2.74 bits per heavy atom. The van der Waals surface area contributed by atoms with Crippen LogP contribution in [0.1, 0.15) is 25.5 Å². The minimum Gasteiger partial charge on any atom is -0.496 e. The predicted octanol–water partition coefficient (Wildman–Crippen LogP) is 3.21. The van der Waals surface area contributed by atoms with Crippen LogP contribution in [0.5, 0.6) is 5.75 Å². The smallest absolute Gasteiger partial charge is 0.123 e. The Balaban J connectivity index is 2.37. The van der Waals surface area contributed by atoms with Gasteiger partial charge in [-0.1, -0.05) is 12.1 Å². The van der Waals surface area contributed by atoms with E-state index in [2.05, 4.69) is 25.0 Å². The zero-order valence-electron chi connectivity index (χ0n) is 11.4. The van der Waals surface area contributed by atoms with E-state index in [1.165, 1.54) is 0 Å². The number of methoxy groups -OCH3 is 1. The lowest BCUT2D eigenvalue weighted by Crippen LogP contribution is -1.99. The summed E-state index contributed by atoms with van der Waals surface area (Å²) < 4.78 is 7.26. The van der Waals surface area contributed by atoms with Crippen LogP contribution in [-0.2, 0) is 6.42 Å². The molecule has 0 amide bonds. The Bertz CT molecular complexity index is 608. The first-order valence-corrected chi connectivity index (χ1v) is 6.24. The lowest BCUT2D eigenvalue weighted by Gasteiger charge is -2.07. The predicted molar refractivity (Wildman–Crippen MR) is 73.9 cm³/mol. The van der Waals surface area contributed by atoms with Gasteiger partial charge in [-0.15, -0.1) is 0 Å². The quantitative estimate of drug-likeness (QED) is 0.843. The van der Waals surface area contributed by atoms with Crippen molar-refractivity contribution < 1.29 is 4.74 Å². The molecule has 0 saturated heterocycles. The highest BCUT2D eigenvalue weighted by Gasteiger charge is 2.08. The molecule has 2 rings (SSSR count). The minimum absolute atomic E-state index is 0.341. The van der Waals surface area contributed by atoms with Gasteiger partial charge in [0, 0.05) is 23.4 Å². The molecular weight excluding hydrogens is 238 g/mol. The molecule has 1 heterocycles. The van der Waals surface area contributed by atoms with Gasteiger partial charge in [-0.25, -0.2) is 0 Å². The van der Waals surface area contributed by atoms with Crippen molar-refractivity contribution in [2.24, 2.45) is 0 Å². The summed E-state index contributed by atoms with van der Waals surface area (Å²) in [5.74, 6) is 0.747. The van der Waals surface area contributed by atoms with E-state index in [0.29, 0.717) is 12.5 Å². The molecule has 0 fully saturated rings. The minimum atomic E-state index is 0.341. The summed E-state index contributed by atoms with van der Waals surface area (Å²) in [6.45, 7) is 4.18. The third-order valence-corrected chi connectivity index (χ3v) is 3.02. The standard InChI is InChI=1S/C15H17N3O/c1-11(2)18-10-14(9-17-18)13-5-4-12(6-7-16)15(8-13)19-3/h4-5,8-11H,6H2,1-3H3. The first kappa shape index (κ1) is 13.2. The number of benzene rings is 1. The molecule has 0 aliphatic carbocycles. The number of nitriles is 1. The number of nitrogens with zero attached hydrogens (tertiary/aromatic N) is 3. The summed E-state index contributed by atoms with van der Waals surface area (Å²) in [6, 6.07) is 8.37. The number of hydrogen-bond acceptors (Lipinski definition) is 3. The van der Waals surface area contributed by atoms with Crippen LogP contribution in [0.4, 0.5) is 0 Å². The largest absolute Gasteiger partial charge is 0.496 e. The number of rotatable bonds is 4. The van der Waals surface area contributed by atoms with E-state index in [9.17, 15) is 0 Å². The van der Waals surface area contributed by atoms with Crippen molar-refractivity contribution in [3.8, 4) is 22.9 Å². The Morgan fingerprint density at radius 1 is 1.37 bits per heavy atom. The highest BCUT2D eigenvalue weighted by atomic mass is 16.5. The molecule has 2 aromatic rings. The van der Waals surface area contributed by atoms with E-state index in [1.54, 1.807) is 7.11 Å². The third-order valence-electron chi connectivity index (χ3n) is 3.02. The summed E-state index contributed by atoms with van der Waals surface area (Å²) >= 11 is 0. The molecule has 4 nitrogen and oxygen atoms in total. The maximum Gasteiger partial charge on any atom is 0.123 e. The van der Waals surface area contributed by atoms with Crippen LogP contribution in [0.3, 0.4) is 0 Å². The summed E-state index contributed by atoms with van der Waals surface area (Å²) in [5.41, 5.74) is 3.01. The van der Waals surface area contributed by atoms with Crippen molar-refractivity contribution in [1.82, 2.24) is 9.78 Å². The molecule has 0 spiro atoms. The fourth-order valence-corrected chi connectivity index (χ4v) is 1.92. The molecule has 1 aromatic heterocycles. The van der Waals surface area contributed by atoms with Gasteiger partial charge in [0.05, 0.1) is 25.8 Å². The van der Waals surface area contributed by atoms with Crippen molar-refractivity contribution >= 4 is 0 Å². The normalized spacial score (nSPS) is 10.5. The van der Waals surface area contributed by atoms with E-state index >= 15 is 0 Å². The molecule has 0 N–H and O–H groups in total. The Kier molecular flexibility index (Phi) is 3.86. The van der Waals surface area contributed by atoms with Crippen LogP contribution >= 0.6 is 0 Å². The van der Waals surface area contributed by atoms with Crippen LogP contribution in [0.15, 0.2) is 30.6 Å². The van der Waals surface area contributed by atoms with E-state index in [1.807, 2.05) is 35.3 Å². The fraction of sp³-hybridized carbons (Fsp3) is 0.333. The molecule has 0 bridgehead atoms. The van der Waals surface area contributed by atoms with Gasteiger partial charge in [-0.3, -0.25) is 4.68 Å². The van der Waals surface area contributed by atoms with Crippen LogP contribution in [0.2, 0.25) is 0 Å². The number of hydrogen-bond donors (Lipinski definition) is 0. The second-order valence-corrected chi connectivity index (χ2v) is 4.66. The monoisotopic (exact) mass is 255 g/mol. The summed E-state index contributed by atoms with van der Waals surface area (Å²) in [4.78, 5) is 0. The fourth-order valence-electron chi connectivity index (χ4n) is 1.92. The molecule has 19 heavy (non-hydrogen) atoms. The van der Waals surface area contributed by atoms with Gasteiger partial charge in [-0.2, -0.15) is 10.4 Å². The molecule has 98 valence electrons. The molecule has 0 saturated carbocycles. The van der Waals surface area contributed by atoms with Crippen LogP contribution < -0.4 is 4.74 Å². The van der Waals surface area contributed by atoms with E-state index in [4.69, 9.17) is 10.00 Å². The Morgan fingerprint density at radius 2 is 2.16 bits per heavy atom. The summed E-state index contributed by atoms with van der Waals surface area (Å²) in [5, 5.41) is 13.1. The van der Waals surface area contributed by atoms with Crippen molar-refractivity contribution in [1.29, 1.82) is 5.26 Å². The van der Waals surface area contributed by atoms with Gasteiger partial charge in [0.2, 0.25) is 0 Å². The molecule has 0 radical (unpaired) electrons. The van der Waals surface area contributed by atoms with Crippen LogP contribution in [-0.4, -0.2) is 16.9 Å². The first-order chi connectivity index (χ1) is 9.15. The highest BCUT2D eigenvalue weighted by Crippen LogP contribution is 2.27. The molecular formula is C15H17N3O. The highest BCUT2D eigenvalue weighted by molar-refractivity contribution is 5.65. The lowest BCUT2D eigenvalue weighted by atomic mass is 10.0. The van der Waals surface area contributed by atoms with Gasteiger partial charge in [0.1, 0.15) is 5.75 Å². The topological polar surface area (TPSA) is 50.8 Å². The molecule has 0 aliphatic heterocycles. The molecule has 0 aliphatic rings. The first-order valence-electron chi connectivity index (χ1n) is 6.24. The SMILES string of the molecule is COc1cc(-c2cnn(C(C)C)c2)ccc1CC#N. The lowest BCUT2D eigenvalue weighted by molar-refractivity contribution is 0.411. The van der Waals surface area contributed by atoms with Crippen molar-refractivity contribution in [3.63, 3.8) is 0 Å². The van der Waals surface area contributed by atoms with Gasteiger partial charge >= 0.3 is 0 Å². The average Bonchev–Trinajstić information content (AvgIpc) is 2.89. The zero-order valence-corrected chi connectivity index (χ0v) is 11.4. The Labute approximate surface area is 113 Å². The summed E-state index contributed by atoms with van der Waals surface area (Å²) in [6.07, 6.45) is 4.22. The Hall–Kier alpha value is -2.28. The van der Waals surface area contributed by atoms with E-state index in [-0.39, 0.29) is 0 Å². The zero-order chi connectivity index (χ0) is 13.8. The van der Waals surface area contributed by atoms with Gasteiger partial charge in [0.15, 0.2) is 0 Å². The van der Waals surface area contributed by atoms with Crippen molar-refractivity contribution in [2.45, 2.75) is 26.3 Å². The summed E-state index contributed by atoms with van der Waals surface area (Å²) in [7, 11) is 1.62.